The third-order valence-corrected chi connectivity index (χ3v) is 3.90. The number of amides is 1. The van der Waals surface area contributed by atoms with Crippen molar-refractivity contribution in [2.24, 2.45) is 0 Å². The van der Waals surface area contributed by atoms with Crippen LogP contribution in [0.1, 0.15) is 6.92 Å². The average molecular weight is 292 g/mol. The lowest BCUT2D eigenvalue weighted by molar-refractivity contribution is -0.161. The highest BCUT2D eigenvalue weighted by Gasteiger charge is 2.42. The number of rotatable bonds is 2. The van der Waals surface area contributed by atoms with Crippen molar-refractivity contribution in [2.45, 2.75) is 12.5 Å². The Kier molecular flexibility index (Phi) is 4.03. The Bertz CT molecular complexity index is 492. The summed E-state index contributed by atoms with van der Waals surface area (Å²) in [6.45, 7) is 6.00. The maximum absolute atomic E-state index is 12.7. The van der Waals surface area contributed by atoms with Crippen LogP contribution in [0.2, 0.25) is 0 Å². The molecule has 2 aliphatic heterocycles. The summed E-state index contributed by atoms with van der Waals surface area (Å²) >= 11 is 0. The summed E-state index contributed by atoms with van der Waals surface area (Å²) in [6.07, 6.45) is 5.01. The molecule has 0 bridgehead atoms. The predicted molar refractivity (Wildman–Crippen MR) is 76.0 cm³/mol. The first kappa shape index (κ1) is 14.2. The molecule has 0 saturated carbocycles. The molecule has 1 atom stereocenters. The molecule has 0 aliphatic carbocycles. The number of aromatic nitrogens is 2. The van der Waals surface area contributed by atoms with Gasteiger partial charge in [0.15, 0.2) is 5.60 Å². The van der Waals surface area contributed by atoms with E-state index in [-0.39, 0.29) is 5.91 Å². The van der Waals surface area contributed by atoms with E-state index in [1.807, 2.05) is 11.8 Å². The van der Waals surface area contributed by atoms with Crippen LogP contribution in [-0.2, 0) is 14.3 Å². The van der Waals surface area contributed by atoms with Crippen LogP contribution in [0, 0.1) is 0 Å². The molecule has 2 saturated heterocycles. The fraction of sp³-hybridized carbons (Fsp3) is 0.643. The maximum Gasteiger partial charge on any atom is 0.256 e. The standard InChI is InChI=1S/C14H20N4O3/c1-14(13(19)17-4-7-20-8-5-17)11-18(6-9-21-14)12-10-15-2-3-16-12/h2-3,10H,4-9,11H2,1H3/t14-/m1/s1. The number of ether oxygens (including phenoxy) is 2. The van der Waals surface area contributed by atoms with E-state index in [0.29, 0.717) is 46.0 Å². The Morgan fingerprint density at radius 1 is 1.24 bits per heavy atom. The van der Waals surface area contributed by atoms with Crippen molar-refractivity contribution in [1.29, 1.82) is 0 Å². The van der Waals surface area contributed by atoms with E-state index >= 15 is 0 Å². The number of hydrogen-bond acceptors (Lipinski definition) is 6. The molecule has 0 spiro atoms. The second-order valence-electron chi connectivity index (χ2n) is 5.47. The fourth-order valence-corrected chi connectivity index (χ4v) is 2.75. The van der Waals surface area contributed by atoms with Crippen molar-refractivity contribution < 1.29 is 14.3 Å². The number of anilines is 1. The van der Waals surface area contributed by atoms with E-state index in [2.05, 4.69) is 14.9 Å². The first-order valence-electron chi connectivity index (χ1n) is 7.21. The summed E-state index contributed by atoms with van der Waals surface area (Å²) in [7, 11) is 0. The first-order chi connectivity index (χ1) is 10.2. The summed E-state index contributed by atoms with van der Waals surface area (Å²) in [4.78, 5) is 25.0. The lowest BCUT2D eigenvalue weighted by atomic mass is 10.0. The lowest BCUT2D eigenvalue weighted by Gasteiger charge is -2.42. The second-order valence-corrected chi connectivity index (χ2v) is 5.47. The zero-order valence-corrected chi connectivity index (χ0v) is 12.2. The number of nitrogens with zero attached hydrogens (tertiary/aromatic N) is 4. The molecule has 2 fully saturated rings. The molecule has 7 nitrogen and oxygen atoms in total. The summed E-state index contributed by atoms with van der Waals surface area (Å²) in [5, 5.41) is 0. The van der Waals surface area contributed by atoms with Gasteiger partial charge in [0.1, 0.15) is 5.82 Å². The maximum atomic E-state index is 12.7. The van der Waals surface area contributed by atoms with Crippen LogP contribution < -0.4 is 4.90 Å². The van der Waals surface area contributed by atoms with E-state index in [1.54, 1.807) is 18.6 Å². The molecule has 3 heterocycles. The summed E-state index contributed by atoms with van der Waals surface area (Å²) in [6, 6.07) is 0. The molecule has 2 aliphatic rings. The number of hydrogen-bond donors (Lipinski definition) is 0. The van der Waals surface area contributed by atoms with Crippen molar-refractivity contribution in [2.75, 3.05) is 50.9 Å². The van der Waals surface area contributed by atoms with Gasteiger partial charge >= 0.3 is 0 Å². The molecule has 1 aromatic heterocycles. The van der Waals surface area contributed by atoms with E-state index < -0.39 is 5.60 Å². The van der Waals surface area contributed by atoms with Crippen LogP contribution in [0.4, 0.5) is 5.82 Å². The summed E-state index contributed by atoms with van der Waals surface area (Å²) < 4.78 is 11.1. The largest absolute Gasteiger partial charge is 0.378 e. The van der Waals surface area contributed by atoms with Crippen molar-refractivity contribution in [3.05, 3.63) is 18.6 Å². The first-order valence-corrected chi connectivity index (χ1v) is 7.21. The quantitative estimate of drug-likeness (QED) is 0.760. The Hall–Kier alpha value is -1.73. The number of carbonyl (C=O) groups excluding carboxylic acids is 1. The van der Waals surface area contributed by atoms with Crippen molar-refractivity contribution >= 4 is 11.7 Å². The third kappa shape index (κ3) is 2.98. The molecular weight excluding hydrogens is 272 g/mol. The Morgan fingerprint density at radius 3 is 2.76 bits per heavy atom. The monoisotopic (exact) mass is 292 g/mol. The van der Waals surface area contributed by atoms with Gasteiger partial charge in [0, 0.05) is 32.0 Å². The lowest BCUT2D eigenvalue weighted by Crippen LogP contribution is -2.60. The average Bonchev–Trinajstić information content (AvgIpc) is 2.56. The minimum atomic E-state index is -0.840. The van der Waals surface area contributed by atoms with Crippen molar-refractivity contribution in [1.82, 2.24) is 14.9 Å². The van der Waals surface area contributed by atoms with Gasteiger partial charge in [-0.05, 0) is 6.92 Å². The molecule has 1 amide bonds. The highest BCUT2D eigenvalue weighted by molar-refractivity contribution is 5.86. The molecule has 1 aromatic rings. The zero-order chi connectivity index (χ0) is 14.7. The molecule has 114 valence electrons. The van der Waals surface area contributed by atoms with Gasteiger partial charge in [-0.2, -0.15) is 0 Å². The smallest absolute Gasteiger partial charge is 0.256 e. The van der Waals surface area contributed by atoms with Crippen LogP contribution in [0.25, 0.3) is 0 Å². The van der Waals surface area contributed by atoms with E-state index in [1.165, 1.54) is 0 Å². The molecule has 0 radical (unpaired) electrons. The van der Waals surface area contributed by atoms with E-state index in [0.717, 1.165) is 5.82 Å². The highest BCUT2D eigenvalue weighted by Crippen LogP contribution is 2.24. The van der Waals surface area contributed by atoms with Gasteiger partial charge in [-0.1, -0.05) is 0 Å². The number of carbonyl (C=O) groups is 1. The van der Waals surface area contributed by atoms with Gasteiger partial charge < -0.3 is 19.3 Å². The number of morpholine rings is 2. The normalized spacial score (nSPS) is 26.7. The molecule has 0 unspecified atom stereocenters. The van der Waals surface area contributed by atoms with Gasteiger partial charge in [-0.15, -0.1) is 0 Å². The van der Waals surface area contributed by atoms with Crippen molar-refractivity contribution in [3.63, 3.8) is 0 Å². The Morgan fingerprint density at radius 2 is 2.05 bits per heavy atom. The molecule has 7 heteroatoms. The highest BCUT2D eigenvalue weighted by atomic mass is 16.5. The molecule has 0 aromatic carbocycles. The van der Waals surface area contributed by atoms with Gasteiger partial charge in [-0.25, -0.2) is 4.98 Å². The Balaban J connectivity index is 1.73. The van der Waals surface area contributed by atoms with E-state index in [4.69, 9.17) is 9.47 Å². The molecule has 3 rings (SSSR count). The summed E-state index contributed by atoms with van der Waals surface area (Å²) in [5.74, 6) is 0.807. The van der Waals surface area contributed by atoms with Crippen LogP contribution >= 0.6 is 0 Å². The van der Waals surface area contributed by atoms with Crippen LogP contribution in [0.15, 0.2) is 18.6 Å². The minimum absolute atomic E-state index is 0.0272. The molecule has 0 N–H and O–H groups in total. The van der Waals surface area contributed by atoms with Crippen LogP contribution in [0.3, 0.4) is 0 Å². The SMILES string of the molecule is C[C@]1(C(=O)N2CCOCC2)CN(c2cnccn2)CCO1. The van der Waals surface area contributed by atoms with Crippen LogP contribution in [0.5, 0.6) is 0 Å². The van der Waals surface area contributed by atoms with Gasteiger partial charge in [0.05, 0.1) is 32.6 Å². The van der Waals surface area contributed by atoms with Gasteiger partial charge in [0.2, 0.25) is 0 Å². The van der Waals surface area contributed by atoms with Crippen molar-refractivity contribution in [3.8, 4) is 0 Å². The van der Waals surface area contributed by atoms with E-state index in [9.17, 15) is 4.79 Å². The summed E-state index contributed by atoms with van der Waals surface area (Å²) in [5.41, 5.74) is -0.840. The second kappa shape index (κ2) is 5.95. The fourth-order valence-electron chi connectivity index (χ4n) is 2.75. The van der Waals surface area contributed by atoms with Gasteiger partial charge in [0.25, 0.3) is 5.91 Å². The molecule has 21 heavy (non-hydrogen) atoms. The minimum Gasteiger partial charge on any atom is -0.378 e. The zero-order valence-electron chi connectivity index (χ0n) is 12.2. The van der Waals surface area contributed by atoms with Crippen LogP contribution in [-0.4, -0.2) is 72.4 Å². The van der Waals surface area contributed by atoms with Gasteiger partial charge in [-0.3, -0.25) is 9.78 Å². The third-order valence-electron chi connectivity index (χ3n) is 3.90. The molecular formula is C14H20N4O3. The predicted octanol–water partition coefficient (Wildman–Crippen LogP) is -0.0693. The topological polar surface area (TPSA) is 67.8 Å². The Labute approximate surface area is 123 Å².